The maximum absolute atomic E-state index is 13.7. The first-order chi connectivity index (χ1) is 9.60. The molecule has 0 aliphatic heterocycles. The standard InChI is InChI=1S/C16H25F2NO2/c1-11(14-8-12(17)6-7-15(14)18)19(5)9-13(20)10-21-16(2,3)4/h6-8,11,13,20H,9-10H2,1-5H3. The highest BCUT2D eigenvalue weighted by Gasteiger charge is 2.20. The van der Waals surface area contributed by atoms with E-state index in [9.17, 15) is 13.9 Å². The molecule has 1 aromatic rings. The highest BCUT2D eigenvalue weighted by molar-refractivity contribution is 5.21. The van der Waals surface area contributed by atoms with Crippen molar-refractivity contribution in [3.63, 3.8) is 0 Å². The zero-order chi connectivity index (χ0) is 16.2. The Morgan fingerprint density at radius 1 is 1.29 bits per heavy atom. The van der Waals surface area contributed by atoms with E-state index in [1.165, 1.54) is 6.07 Å². The summed E-state index contributed by atoms with van der Waals surface area (Å²) in [6.07, 6.45) is -0.687. The second-order valence-electron chi connectivity index (χ2n) is 6.36. The second kappa shape index (κ2) is 7.29. The maximum atomic E-state index is 13.7. The van der Waals surface area contributed by atoms with E-state index in [0.29, 0.717) is 6.54 Å². The van der Waals surface area contributed by atoms with Crippen LogP contribution in [0.15, 0.2) is 18.2 Å². The number of halogens is 2. The molecule has 2 atom stereocenters. The molecule has 0 aliphatic rings. The van der Waals surface area contributed by atoms with Crippen molar-refractivity contribution in [2.75, 3.05) is 20.2 Å². The minimum atomic E-state index is -0.687. The third-order valence-corrected chi connectivity index (χ3v) is 3.28. The van der Waals surface area contributed by atoms with E-state index in [2.05, 4.69) is 0 Å². The molecule has 0 saturated carbocycles. The Bertz CT molecular complexity index is 460. The van der Waals surface area contributed by atoms with E-state index < -0.39 is 17.7 Å². The molecule has 0 heterocycles. The summed E-state index contributed by atoms with van der Waals surface area (Å²) in [5.74, 6) is -0.917. The van der Waals surface area contributed by atoms with Crippen LogP contribution in [0.3, 0.4) is 0 Å². The minimum Gasteiger partial charge on any atom is -0.389 e. The first-order valence-corrected chi connectivity index (χ1v) is 7.07. The predicted octanol–water partition coefficient (Wildman–Crippen LogP) is 3.13. The number of rotatable bonds is 6. The van der Waals surface area contributed by atoms with Crippen molar-refractivity contribution >= 4 is 0 Å². The van der Waals surface area contributed by atoms with E-state index in [1.54, 1.807) is 18.9 Å². The van der Waals surface area contributed by atoms with Gasteiger partial charge in [0.25, 0.3) is 0 Å². The minimum absolute atomic E-state index is 0.201. The Balaban J connectivity index is 2.62. The maximum Gasteiger partial charge on any atom is 0.128 e. The number of likely N-dealkylation sites (N-methyl/N-ethyl adjacent to an activating group) is 1. The topological polar surface area (TPSA) is 32.7 Å². The molecular weight excluding hydrogens is 276 g/mol. The second-order valence-corrected chi connectivity index (χ2v) is 6.36. The summed E-state index contributed by atoms with van der Waals surface area (Å²) in [5, 5.41) is 9.97. The molecular formula is C16H25F2NO2. The lowest BCUT2D eigenvalue weighted by molar-refractivity contribution is -0.0567. The molecule has 0 fully saturated rings. The van der Waals surface area contributed by atoms with Gasteiger partial charge in [0.1, 0.15) is 11.6 Å². The fourth-order valence-electron chi connectivity index (χ4n) is 1.96. The molecule has 5 heteroatoms. The zero-order valence-electron chi connectivity index (χ0n) is 13.4. The highest BCUT2D eigenvalue weighted by atomic mass is 19.1. The van der Waals surface area contributed by atoms with Gasteiger partial charge in [-0.3, -0.25) is 4.90 Å². The van der Waals surface area contributed by atoms with Crippen LogP contribution in [0.2, 0.25) is 0 Å². The molecule has 1 rings (SSSR count). The first-order valence-electron chi connectivity index (χ1n) is 7.07. The lowest BCUT2D eigenvalue weighted by Gasteiger charge is -2.29. The summed E-state index contributed by atoms with van der Waals surface area (Å²) in [4.78, 5) is 1.77. The molecule has 3 nitrogen and oxygen atoms in total. The van der Waals surface area contributed by atoms with E-state index in [1.807, 2.05) is 20.8 Å². The third-order valence-electron chi connectivity index (χ3n) is 3.28. The highest BCUT2D eigenvalue weighted by Crippen LogP contribution is 2.23. The van der Waals surface area contributed by atoms with Crippen LogP contribution in [-0.4, -0.2) is 41.9 Å². The molecule has 21 heavy (non-hydrogen) atoms. The summed E-state index contributed by atoms with van der Waals surface area (Å²) in [6.45, 7) is 8.02. The van der Waals surface area contributed by atoms with Crippen LogP contribution >= 0.6 is 0 Å². The van der Waals surface area contributed by atoms with E-state index >= 15 is 0 Å². The van der Waals surface area contributed by atoms with Crippen molar-refractivity contribution in [1.29, 1.82) is 0 Å². The van der Waals surface area contributed by atoms with Gasteiger partial charge in [0.2, 0.25) is 0 Å². The Hall–Kier alpha value is -1.04. The van der Waals surface area contributed by atoms with Crippen LogP contribution in [0.25, 0.3) is 0 Å². The molecule has 0 aliphatic carbocycles. The van der Waals surface area contributed by atoms with Gasteiger partial charge in [-0.2, -0.15) is 0 Å². The molecule has 0 amide bonds. The monoisotopic (exact) mass is 301 g/mol. The molecule has 0 radical (unpaired) electrons. The Kier molecular flexibility index (Phi) is 6.25. The van der Waals surface area contributed by atoms with Crippen molar-refractivity contribution in [3.8, 4) is 0 Å². The normalized spacial score (nSPS) is 15.3. The Morgan fingerprint density at radius 3 is 2.48 bits per heavy atom. The summed E-state index contributed by atoms with van der Waals surface area (Å²) in [5.41, 5.74) is -0.0405. The van der Waals surface area contributed by atoms with Gasteiger partial charge in [0, 0.05) is 18.2 Å². The van der Waals surface area contributed by atoms with E-state index in [-0.39, 0.29) is 23.8 Å². The smallest absolute Gasteiger partial charge is 0.128 e. The van der Waals surface area contributed by atoms with Gasteiger partial charge in [0.05, 0.1) is 18.3 Å². The number of ether oxygens (including phenoxy) is 1. The Morgan fingerprint density at radius 2 is 1.90 bits per heavy atom. The van der Waals surface area contributed by atoms with Gasteiger partial charge in [-0.25, -0.2) is 8.78 Å². The summed E-state index contributed by atoms with van der Waals surface area (Å²) < 4.78 is 32.5. The van der Waals surface area contributed by atoms with Gasteiger partial charge >= 0.3 is 0 Å². The molecule has 120 valence electrons. The zero-order valence-corrected chi connectivity index (χ0v) is 13.4. The lowest BCUT2D eigenvalue weighted by Crippen LogP contribution is -2.36. The number of aliphatic hydroxyl groups is 1. The van der Waals surface area contributed by atoms with Gasteiger partial charge in [-0.05, 0) is 52.9 Å². The van der Waals surface area contributed by atoms with E-state index in [0.717, 1.165) is 12.1 Å². The molecule has 1 aromatic carbocycles. The largest absolute Gasteiger partial charge is 0.389 e. The fraction of sp³-hybridized carbons (Fsp3) is 0.625. The van der Waals surface area contributed by atoms with Crippen molar-refractivity contribution in [2.24, 2.45) is 0 Å². The number of aliphatic hydroxyl groups excluding tert-OH is 1. The van der Waals surface area contributed by atoms with Crippen molar-refractivity contribution < 1.29 is 18.6 Å². The number of hydrogen-bond acceptors (Lipinski definition) is 3. The fourth-order valence-corrected chi connectivity index (χ4v) is 1.96. The van der Waals surface area contributed by atoms with Crippen molar-refractivity contribution in [1.82, 2.24) is 4.90 Å². The number of hydrogen-bond donors (Lipinski definition) is 1. The third kappa shape index (κ3) is 6.08. The molecule has 1 N–H and O–H groups in total. The van der Waals surface area contributed by atoms with Crippen LogP contribution in [0.4, 0.5) is 8.78 Å². The SMILES string of the molecule is CC(c1cc(F)ccc1F)N(C)CC(O)COC(C)(C)C. The summed E-state index contributed by atoms with van der Waals surface area (Å²) in [7, 11) is 1.76. The van der Waals surface area contributed by atoms with Crippen LogP contribution < -0.4 is 0 Å². The molecule has 0 saturated heterocycles. The average molecular weight is 301 g/mol. The first kappa shape index (κ1) is 18.0. The van der Waals surface area contributed by atoms with Crippen molar-refractivity contribution in [2.45, 2.75) is 45.4 Å². The molecule has 0 bridgehead atoms. The molecule has 2 unspecified atom stereocenters. The Labute approximate surface area is 125 Å². The van der Waals surface area contributed by atoms with Gasteiger partial charge < -0.3 is 9.84 Å². The predicted molar refractivity (Wildman–Crippen MR) is 79.1 cm³/mol. The van der Waals surface area contributed by atoms with Gasteiger partial charge in [0.15, 0.2) is 0 Å². The van der Waals surface area contributed by atoms with E-state index in [4.69, 9.17) is 4.74 Å². The average Bonchev–Trinajstić information content (AvgIpc) is 2.37. The van der Waals surface area contributed by atoms with Gasteiger partial charge in [-0.1, -0.05) is 0 Å². The van der Waals surface area contributed by atoms with Crippen LogP contribution in [0.5, 0.6) is 0 Å². The van der Waals surface area contributed by atoms with Crippen LogP contribution in [-0.2, 0) is 4.74 Å². The summed E-state index contributed by atoms with van der Waals surface area (Å²) >= 11 is 0. The molecule has 0 aromatic heterocycles. The number of nitrogens with zero attached hydrogens (tertiary/aromatic N) is 1. The summed E-state index contributed by atoms with van der Waals surface area (Å²) in [6, 6.07) is 3.06. The van der Waals surface area contributed by atoms with Crippen LogP contribution in [0, 0.1) is 11.6 Å². The number of benzene rings is 1. The van der Waals surface area contributed by atoms with Crippen molar-refractivity contribution in [3.05, 3.63) is 35.4 Å². The van der Waals surface area contributed by atoms with Gasteiger partial charge in [-0.15, -0.1) is 0 Å². The lowest BCUT2D eigenvalue weighted by atomic mass is 10.1. The quantitative estimate of drug-likeness (QED) is 0.876. The molecule has 0 spiro atoms. The van der Waals surface area contributed by atoms with Crippen LogP contribution in [0.1, 0.15) is 39.3 Å².